The van der Waals surface area contributed by atoms with Gasteiger partial charge >= 0.3 is 0 Å². The Morgan fingerprint density at radius 3 is 2.68 bits per heavy atom. The second-order valence-electron chi connectivity index (χ2n) is 6.88. The Hall–Kier alpha value is -3.52. The molecule has 0 radical (unpaired) electrons. The lowest BCUT2D eigenvalue weighted by molar-refractivity contribution is -0.121. The molecule has 0 amide bonds. The minimum atomic E-state index is -1.12. The number of hydrogen-bond donors (Lipinski definition) is 0. The van der Waals surface area contributed by atoms with Gasteiger partial charge in [0.15, 0.2) is 5.78 Å². The fourth-order valence-corrected chi connectivity index (χ4v) is 3.37. The Morgan fingerprint density at radius 1 is 1.10 bits per heavy atom. The van der Waals surface area contributed by atoms with E-state index in [1.54, 1.807) is 12.1 Å². The highest BCUT2D eigenvalue weighted by molar-refractivity contribution is 6.30. The molecule has 0 saturated heterocycles. The van der Waals surface area contributed by atoms with Crippen molar-refractivity contribution in [3.8, 4) is 0 Å². The summed E-state index contributed by atoms with van der Waals surface area (Å²) in [6.45, 7) is 0. The molecule has 0 aliphatic rings. The highest BCUT2D eigenvalue weighted by Crippen LogP contribution is 2.19. The van der Waals surface area contributed by atoms with Gasteiger partial charge in [0.25, 0.3) is 5.56 Å². The summed E-state index contributed by atoms with van der Waals surface area (Å²) < 4.78 is 29.1. The zero-order valence-electron chi connectivity index (χ0n) is 16.0. The lowest BCUT2D eigenvalue weighted by Crippen LogP contribution is -2.33. The number of nitrogens with zero attached hydrogens (tertiary/aromatic N) is 4. The number of ketones is 1. The normalized spacial score (nSPS) is 12.1. The van der Waals surface area contributed by atoms with Crippen LogP contribution in [0.3, 0.4) is 0 Å². The topological polar surface area (TPSA) is 77.7 Å². The van der Waals surface area contributed by atoms with Crippen molar-refractivity contribution in [3.63, 3.8) is 0 Å². The van der Waals surface area contributed by atoms with Gasteiger partial charge in [0, 0.05) is 24.5 Å². The predicted molar refractivity (Wildman–Crippen MR) is 111 cm³/mol. The van der Waals surface area contributed by atoms with E-state index in [-0.39, 0.29) is 29.4 Å². The Bertz CT molecular complexity index is 1330. The number of Topliss-reactive ketones (excluding diaryl/α,β-unsaturated/α-hetero) is 1. The number of pyridine rings is 2. The van der Waals surface area contributed by atoms with Crippen molar-refractivity contribution in [3.05, 3.63) is 99.6 Å². The molecule has 3 aromatic heterocycles. The molecular formula is C22H15ClF2N4O2. The molecule has 0 N–H and O–H groups in total. The van der Waals surface area contributed by atoms with Gasteiger partial charge in [0.05, 0.1) is 34.4 Å². The van der Waals surface area contributed by atoms with Crippen molar-refractivity contribution in [2.75, 3.05) is 0 Å². The van der Waals surface area contributed by atoms with Gasteiger partial charge in [-0.1, -0.05) is 11.6 Å². The smallest absolute Gasteiger partial charge is 0.261 e. The van der Waals surface area contributed by atoms with Gasteiger partial charge in [-0.2, -0.15) is 0 Å². The van der Waals surface area contributed by atoms with Gasteiger partial charge in [0.1, 0.15) is 17.7 Å². The van der Waals surface area contributed by atoms with E-state index < -0.39 is 29.0 Å². The molecule has 0 spiro atoms. The molecule has 9 heteroatoms. The molecule has 1 aromatic carbocycles. The highest BCUT2D eigenvalue weighted by Gasteiger charge is 2.25. The zero-order chi connectivity index (χ0) is 22.0. The van der Waals surface area contributed by atoms with Crippen molar-refractivity contribution < 1.29 is 13.6 Å². The lowest BCUT2D eigenvalue weighted by Gasteiger charge is -2.19. The van der Waals surface area contributed by atoms with Crippen LogP contribution in [0.5, 0.6) is 0 Å². The number of hydrogen-bond acceptors (Lipinski definition) is 5. The fourth-order valence-electron chi connectivity index (χ4n) is 3.26. The van der Waals surface area contributed by atoms with Crippen molar-refractivity contribution in [1.29, 1.82) is 0 Å². The van der Waals surface area contributed by atoms with Crippen LogP contribution in [0.2, 0.25) is 5.02 Å². The fraction of sp³-hybridized carbons (Fsp3) is 0.136. The first-order chi connectivity index (χ1) is 14.9. The Kier molecular flexibility index (Phi) is 5.81. The molecule has 156 valence electrons. The number of carbonyl (C=O) groups excluding carboxylic acids is 1. The number of carbonyl (C=O) groups is 1. The molecule has 0 aliphatic carbocycles. The molecule has 4 rings (SSSR count). The summed E-state index contributed by atoms with van der Waals surface area (Å²) in [7, 11) is 0. The molecular weight excluding hydrogens is 426 g/mol. The van der Waals surface area contributed by atoms with E-state index in [2.05, 4.69) is 15.0 Å². The monoisotopic (exact) mass is 440 g/mol. The average Bonchev–Trinajstić information content (AvgIpc) is 2.76. The Balaban J connectivity index is 1.78. The van der Waals surface area contributed by atoms with Gasteiger partial charge in [-0.05, 0) is 42.5 Å². The molecule has 0 fully saturated rings. The first kappa shape index (κ1) is 20.7. The molecule has 1 atom stereocenters. The number of benzene rings is 1. The van der Waals surface area contributed by atoms with Crippen molar-refractivity contribution in [2.45, 2.75) is 18.9 Å². The van der Waals surface area contributed by atoms with Crippen LogP contribution in [-0.2, 0) is 17.6 Å². The molecule has 0 bridgehead atoms. The largest absolute Gasteiger partial charge is 0.297 e. The second-order valence-corrected chi connectivity index (χ2v) is 7.32. The minimum Gasteiger partial charge on any atom is -0.297 e. The van der Waals surface area contributed by atoms with Crippen molar-refractivity contribution in [2.24, 2.45) is 0 Å². The minimum absolute atomic E-state index is 0.0198. The van der Waals surface area contributed by atoms with E-state index in [1.807, 2.05) is 0 Å². The number of fused-ring (bicyclic) bond motifs is 1. The van der Waals surface area contributed by atoms with Crippen molar-refractivity contribution >= 4 is 28.3 Å². The van der Waals surface area contributed by atoms with E-state index >= 15 is 0 Å². The van der Waals surface area contributed by atoms with Gasteiger partial charge in [-0.15, -0.1) is 0 Å². The Morgan fingerprint density at radius 2 is 1.94 bits per heavy atom. The van der Waals surface area contributed by atoms with Gasteiger partial charge < -0.3 is 0 Å². The third-order valence-corrected chi connectivity index (χ3v) is 5.04. The van der Waals surface area contributed by atoms with Gasteiger partial charge in [-0.3, -0.25) is 24.1 Å². The van der Waals surface area contributed by atoms with E-state index in [1.165, 1.54) is 43.0 Å². The maximum absolute atomic E-state index is 14.3. The number of rotatable bonds is 6. The van der Waals surface area contributed by atoms with Crippen LogP contribution in [-0.4, -0.2) is 25.3 Å². The van der Waals surface area contributed by atoms with Crippen LogP contribution in [0.4, 0.5) is 8.78 Å². The first-order valence-electron chi connectivity index (χ1n) is 9.31. The summed E-state index contributed by atoms with van der Waals surface area (Å²) >= 11 is 5.84. The summed E-state index contributed by atoms with van der Waals surface area (Å²) in [4.78, 5) is 38.5. The summed E-state index contributed by atoms with van der Waals surface area (Å²) in [6.07, 6.45) is 3.72. The predicted octanol–water partition coefficient (Wildman–Crippen LogP) is 3.71. The van der Waals surface area contributed by atoms with Crippen molar-refractivity contribution in [1.82, 2.24) is 19.5 Å². The zero-order valence-corrected chi connectivity index (χ0v) is 16.8. The van der Waals surface area contributed by atoms with Gasteiger partial charge in [-0.25, -0.2) is 13.8 Å². The molecule has 4 aromatic rings. The van der Waals surface area contributed by atoms with E-state index in [9.17, 15) is 18.4 Å². The van der Waals surface area contributed by atoms with Crippen LogP contribution >= 0.6 is 11.6 Å². The number of aromatic nitrogens is 4. The SMILES string of the molecule is O=C(Cc1ccc(Cl)cn1)C(Cc1ncccc1F)n1cnc2ccc(F)cc2c1=O. The number of halogens is 3. The standard InChI is InChI=1S/C22H15ClF2N4O2/c23-13-3-5-15(27-11-13)9-21(30)20(10-19-17(25)2-1-7-26-19)29-12-28-18-6-4-14(24)8-16(18)22(29)31/h1-8,11-12,20H,9-10H2. The summed E-state index contributed by atoms with van der Waals surface area (Å²) in [5, 5.41) is 0.437. The maximum Gasteiger partial charge on any atom is 0.261 e. The maximum atomic E-state index is 14.3. The van der Waals surface area contributed by atoms with E-state index in [4.69, 9.17) is 11.6 Å². The molecule has 1 unspecified atom stereocenters. The third kappa shape index (κ3) is 4.49. The van der Waals surface area contributed by atoms with Crippen LogP contribution in [0, 0.1) is 11.6 Å². The average molecular weight is 441 g/mol. The lowest BCUT2D eigenvalue weighted by atomic mass is 10.0. The van der Waals surface area contributed by atoms with E-state index in [0.717, 1.165) is 10.6 Å². The molecule has 6 nitrogen and oxygen atoms in total. The summed E-state index contributed by atoms with van der Waals surface area (Å²) in [6, 6.07) is 8.36. The molecule has 0 saturated carbocycles. The van der Waals surface area contributed by atoms with Crippen LogP contribution in [0.25, 0.3) is 10.9 Å². The van der Waals surface area contributed by atoms with E-state index in [0.29, 0.717) is 10.7 Å². The Labute approximate surface area is 180 Å². The summed E-state index contributed by atoms with van der Waals surface area (Å²) in [5.41, 5.74) is 0.144. The highest BCUT2D eigenvalue weighted by atomic mass is 35.5. The van der Waals surface area contributed by atoms with Gasteiger partial charge in [0.2, 0.25) is 0 Å². The summed E-state index contributed by atoms with van der Waals surface area (Å²) in [5.74, 6) is -1.61. The second kappa shape index (κ2) is 8.69. The quantitative estimate of drug-likeness (QED) is 0.456. The molecule has 31 heavy (non-hydrogen) atoms. The third-order valence-electron chi connectivity index (χ3n) is 4.82. The molecule has 0 aliphatic heterocycles. The van der Waals surface area contributed by atoms with Crippen LogP contribution in [0.15, 0.2) is 66.0 Å². The first-order valence-corrected chi connectivity index (χ1v) is 9.69. The van der Waals surface area contributed by atoms with Crippen LogP contribution in [0.1, 0.15) is 17.4 Å². The van der Waals surface area contributed by atoms with Crippen LogP contribution < -0.4 is 5.56 Å². The molecule has 3 heterocycles.